The van der Waals surface area contributed by atoms with E-state index in [4.69, 9.17) is 39.5 Å². The second kappa shape index (κ2) is 8.21. The first-order valence-corrected chi connectivity index (χ1v) is 10.2. The Morgan fingerprint density at radius 1 is 1.11 bits per heavy atom. The summed E-state index contributed by atoms with van der Waals surface area (Å²) in [5.41, 5.74) is 1.88. The molecular weight excluding hydrogens is 423 g/mol. The minimum absolute atomic E-state index is 0.265. The molecule has 1 unspecified atom stereocenters. The Kier molecular flexibility index (Phi) is 5.71. The lowest BCUT2D eigenvalue weighted by Gasteiger charge is -2.20. The van der Waals surface area contributed by atoms with Crippen LogP contribution in [0.4, 0.5) is 0 Å². The van der Waals surface area contributed by atoms with Crippen LogP contribution in [0.5, 0.6) is 0 Å². The van der Waals surface area contributed by atoms with E-state index in [1.807, 2.05) is 35.0 Å². The molecule has 0 saturated heterocycles. The lowest BCUT2D eigenvalue weighted by atomic mass is 10.1. The van der Waals surface area contributed by atoms with Crippen molar-refractivity contribution in [2.75, 3.05) is 0 Å². The van der Waals surface area contributed by atoms with Gasteiger partial charge in [0.2, 0.25) is 0 Å². The number of hydrogen-bond acceptors (Lipinski definition) is 3. The number of ether oxygens (including phenoxy) is 1. The van der Waals surface area contributed by atoms with Crippen LogP contribution in [0.1, 0.15) is 17.2 Å². The molecule has 0 aliphatic heterocycles. The van der Waals surface area contributed by atoms with E-state index in [-0.39, 0.29) is 6.10 Å². The standard InChI is InChI=1S/C20H15Cl3N2OS/c21-13-5-6-15(17(22)9-13)18(10-25-8-7-24-12-25)26-11-16-14-3-1-2-4-19(14)27-20(16)23/h1-9,12,18H,10-11H2. The van der Waals surface area contributed by atoms with Crippen molar-refractivity contribution in [2.45, 2.75) is 19.3 Å². The van der Waals surface area contributed by atoms with Crippen molar-refractivity contribution in [1.29, 1.82) is 0 Å². The Morgan fingerprint density at radius 3 is 2.74 bits per heavy atom. The Morgan fingerprint density at radius 2 is 1.96 bits per heavy atom. The van der Waals surface area contributed by atoms with Gasteiger partial charge < -0.3 is 9.30 Å². The predicted molar refractivity (Wildman–Crippen MR) is 113 cm³/mol. The summed E-state index contributed by atoms with van der Waals surface area (Å²) in [6, 6.07) is 13.6. The van der Waals surface area contributed by atoms with Crippen LogP contribution in [0.2, 0.25) is 14.4 Å². The van der Waals surface area contributed by atoms with Crippen molar-refractivity contribution >= 4 is 56.2 Å². The zero-order valence-corrected chi connectivity index (χ0v) is 17.2. The average Bonchev–Trinajstić information content (AvgIpc) is 3.26. The third kappa shape index (κ3) is 4.15. The maximum absolute atomic E-state index is 6.47. The Hall–Kier alpha value is -1.56. The molecule has 2 aromatic heterocycles. The summed E-state index contributed by atoms with van der Waals surface area (Å²) in [6.07, 6.45) is 5.13. The highest BCUT2D eigenvalue weighted by atomic mass is 35.5. The van der Waals surface area contributed by atoms with Crippen LogP contribution in [0.25, 0.3) is 10.1 Å². The number of nitrogens with zero attached hydrogens (tertiary/aromatic N) is 2. The molecule has 27 heavy (non-hydrogen) atoms. The number of thiophene rings is 1. The minimum Gasteiger partial charge on any atom is -0.367 e. The van der Waals surface area contributed by atoms with Gasteiger partial charge in [0.05, 0.1) is 23.8 Å². The molecule has 2 aromatic carbocycles. The van der Waals surface area contributed by atoms with Crippen LogP contribution < -0.4 is 0 Å². The zero-order valence-electron chi connectivity index (χ0n) is 14.1. The number of aromatic nitrogens is 2. The van der Waals surface area contributed by atoms with Gasteiger partial charge in [-0.3, -0.25) is 0 Å². The fraction of sp³-hybridized carbons (Fsp3) is 0.150. The molecule has 4 rings (SSSR count). The number of halogens is 3. The molecule has 138 valence electrons. The van der Waals surface area contributed by atoms with Gasteiger partial charge in [0.1, 0.15) is 6.10 Å². The first-order chi connectivity index (χ1) is 13.1. The Balaban J connectivity index is 1.63. The SMILES string of the molecule is Clc1ccc(C(Cn2ccnc2)OCc2c(Cl)sc3ccccc23)c(Cl)c1. The van der Waals surface area contributed by atoms with Gasteiger partial charge in [0, 0.05) is 38.3 Å². The topological polar surface area (TPSA) is 27.1 Å². The second-order valence-corrected chi connectivity index (χ2v) is 8.57. The van der Waals surface area contributed by atoms with E-state index in [1.54, 1.807) is 29.9 Å². The van der Waals surface area contributed by atoms with E-state index in [0.29, 0.717) is 23.2 Å². The molecule has 2 heterocycles. The van der Waals surface area contributed by atoms with E-state index >= 15 is 0 Å². The van der Waals surface area contributed by atoms with Crippen LogP contribution in [-0.2, 0) is 17.9 Å². The fourth-order valence-electron chi connectivity index (χ4n) is 2.98. The molecule has 1 atom stereocenters. The zero-order chi connectivity index (χ0) is 18.8. The quantitative estimate of drug-likeness (QED) is 0.324. The third-order valence-corrected chi connectivity index (χ3v) is 6.35. The summed E-state index contributed by atoms with van der Waals surface area (Å²) in [4.78, 5) is 4.10. The van der Waals surface area contributed by atoms with E-state index in [2.05, 4.69) is 17.1 Å². The Labute approximate surface area is 176 Å². The van der Waals surface area contributed by atoms with Crippen molar-refractivity contribution in [3.8, 4) is 0 Å². The van der Waals surface area contributed by atoms with Crippen LogP contribution in [-0.4, -0.2) is 9.55 Å². The van der Waals surface area contributed by atoms with E-state index < -0.39 is 0 Å². The summed E-state index contributed by atoms with van der Waals surface area (Å²) in [6.45, 7) is 0.974. The molecule has 0 aliphatic carbocycles. The summed E-state index contributed by atoms with van der Waals surface area (Å²) in [7, 11) is 0. The molecule has 0 amide bonds. The molecule has 0 bridgehead atoms. The molecule has 0 radical (unpaired) electrons. The Bertz CT molecular complexity index is 1060. The number of rotatable bonds is 6. The molecule has 0 N–H and O–H groups in total. The lowest BCUT2D eigenvalue weighted by Crippen LogP contribution is -2.12. The number of benzene rings is 2. The van der Waals surface area contributed by atoms with Gasteiger partial charge in [-0.15, -0.1) is 11.3 Å². The highest BCUT2D eigenvalue weighted by molar-refractivity contribution is 7.22. The van der Waals surface area contributed by atoms with Crippen molar-refractivity contribution in [2.24, 2.45) is 0 Å². The summed E-state index contributed by atoms with van der Waals surface area (Å²) in [5.74, 6) is 0. The highest BCUT2D eigenvalue weighted by Gasteiger charge is 2.19. The smallest absolute Gasteiger partial charge is 0.102 e. The first-order valence-electron chi connectivity index (χ1n) is 8.30. The summed E-state index contributed by atoms with van der Waals surface area (Å²) in [5, 5.41) is 2.29. The molecule has 3 nitrogen and oxygen atoms in total. The van der Waals surface area contributed by atoms with Gasteiger partial charge in [0.25, 0.3) is 0 Å². The maximum atomic E-state index is 6.47. The van der Waals surface area contributed by atoms with E-state index in [9.17, 15) is 0 Å². The average molecular weight is 438 g/mol. The van der Waals surface area contributed by atoms with Crippen LogP contribution in [0, 0.1) is 0 Å². The van der Waals surface area contributed by atoms with Gasteiger partial charge in [-0.1, -0.05) is 59.1 Å². The van der Waals surface area contributed by atoms with Crippen LogP contribution in [0.3, 0.4) is 0 Å². The normalized spacial score (nSPS) is 12.6. The lowest BCUT2D eigenvalue weighted by molar-refractivity contribution is 0.0288. The largest absolute Gasteiger partial charge is 0.367 e. The number of imidazole rings is 1. The van der Waals surface area contributed by atoms with E-state index in [0.717, 1.165) is 25.5 Å². The molecular formula is C20H15Cl3N2OS. The van der Waals surface area contributed by atoms with Gasteiger partial charge in [-0.25, -0.2) is 4.98 Å². The van der Waals surface area contributed by atoms with Crippen molar-refractivity contribution in [3.05, 3.63) is 86.7 Å². The first kappa shape index (κ1) is 18.8. The molecule has 0 spiro atoms. The fourth-order valence-corrected chi connectivity index (χ4v) is 4.85. The second-order valence-electron chi connectivity index (χ2n) is 6.08. The molecule has 4 aromatic rings. The molecule has 0 aliphatic rings. The van der Waals surface area contributed by atoms with Crippen LogP contribution >= 0.6 is 46.1 Å². The summed E-state index contributed by atoms with van der Waals surface area (Å²) >= 11 is 20.5. The number of hydrogen-bond donors (Lipinski definition) is 0. The molecule has 0 fully saturated rings. The molecule has 7 heteroatoms. The maximum Gasteiger partial charge on any atom is 0.102 e. The van der Waals surface area contributed by atoms with Gasteiger partial charge >= 0.3 is 0 Å². The minimum atomic E-state index is -0.265. The predicted octanol–water partition coefficient (Wildman–Crippen LogP) is 7.02. The van der Waals surface area contributed by atoms with Crippen molar-refractivity contribution in [1.82, 2.24) is 9.55 Å². The molecule has 0 saturated carbocycles. The van der Waals surface area contributed by atoms with Crippen LogP contribution in [0.15, 0.2) is 61.2 Å². The van der Waals surface area contributed by atoms with Gasteiger partial charge in [-0.2, -0.15) is 0 Å². The highest BCUT2D eigenvalue weighted by Crippen LogP contribution is 2.37. The van der Waals surface area contributed by atoms with E-state index in [1.165, 1.54) is 0 Å². The summed E-state index contributed by atoms with van der Waals surface area (Å²) < 4.78 is 10.2. The number of fused-ring (bicyclic) bond motifs is 1. The van der Waals surface area contributed by atoms with Gasteiger partial charge in [0.15, 0.2) is 0 Å². The van der Waals surface area contributed by atoms with Gasteiger partial charge in [-0.05, 0) is 23.6 Å². The van der Waals surface area contributed by atoms with Crippen molar-refractivity contribution < 1.29 is 4.74 Å². The third-order valence-electron chi connectivity index (χ3n) is 4.32. The van der Waals surface area contributed by atoms with Crippen molar-refractivity contribution in [3.63, 3.8) is 0 Å². The monoisotopic (exact) mass is 436 g/mol.